The maximum atomic E-state index is 12.9. The van der Waals surface area contributed by atoms with Crippen molar-refractivity contribution in [1.29, 1.82) is 0 Å². The number of H-pyrrole nitrogens is 1. The molecule has 1 aliphatic heterocycles. The molecule has 2 aromatic heterocycles. The van der Waals surface area contributed by atoms with E-state index in [2.05, 4.69) is 15.3 Å². The molecule has 138 valence electrons. The van der Waals surface area contributed by atoms with Crippen LogP contribution >= 0.6 is 0 Å². The van der Waals surface area contributed by atoms with E-state index in [9.17, 15) is 4.79 Å². The van der Waals surface area contributed by atoms with Gasteiger partial charge in [0.15, 0.2) is 5.82 Å². The van der Waals surface area contributed by atoms with Gasteiger partial charge in [0.25, 0.3) is 0 Å². The minimum absolute atomic E-state index is 0.197. The van der Waals surface area contributed by atoms with Gasteiger partial charge >= 0.3 is 0 Å². The lowest BCUT2D eigenvalue weighted by Crippen LogP contribution is -2.31. The molecule has 2 atom stereocenters. The fourth-order valence-corrected chi connectivity index (χ4v) is 4.40. The van der Waals surface area contributed by atoms with Gasteiger partial charge in [-0.1, -0.05) is 0 Å². The van der Waals surface area contributed by atoms with E-state index in [1.54, 1.807) is 0 Å². The van der Waals surface area contributed by atoms with Crippen LogP contribution in [0.4, 0.5) is 0 Å². The molecule has 2 aromatic rings. The molecule has 3 aliphatic rings. The van der Waals surface area contributed by atoms with Gasteiger partial charge in [0, 0.05) is 37.7 Å². The van der Waals surface area contributed by atoms with E-state index in [0.717, 1.165) is 42.0 Å². The Balaban J connectivity index is 1.32. The van der Waals surface area contributed by atoms with Crippen molar-refractivity contribution in [3.8, 4) is 0 Å². The molecular weight excluding hydrogens is 328 g/mol. The fraction of sp³-hybridized carbons (Fsp3) is 0.684. The number of rotatable bonds is 5. The molecule has 3 fully saturated rings. The zero-order valence-corrected chi connectivity index (χ0v) is 15.5. The van der Waals surface area contributed by atoms with Gasteiger partial charge in [0.1, 0.15) is 5.82 Å². The van der Waals surface area contributed by atoms with Crippen LogP contribution in [0.25, 0.3) is 0 Å². The summed E-state index contributed by atoms with van der Waals surface area (Å²) in [4.78, 5) is 19.7. The Kier molecular flexibility index (Phi) is 3.65. The van der Waals surface area contributed by atoms with Crippen LogP contribution in [0.1, 0.15) is 60.6 Å². The smallest absolute Gasteiger partial charge is 0.228 e. The van der Waals surface area contributed by atoms with Crippen LogP contribution < -0.4 is 0 Å². The van der Waals surface area contributed by atoms with E-state index in [1.165, 1.54) is 25.7 Å². The van der Waals surface area contributed by atoms with Gasteiger partial charge in [-0.15, -0.1) is 0 Å². The Bertz CT molecular complexity index is 831. The molecule has 2 saturated carbocycles. The Hall–Kier alpha value is -2.18. The van der Waals surface area contributed by atoms with Crippen LogP contribution in [-0.4, -0.2) is 48.9 Å². The second-order valence-electron chi connectivity index (χ2n) is 8.34. The predicted octanol–water partition coefficient (Wildman–Crippen LogP) is 1.92. The van der Waals surface area contributed by atoms with Crippen LogP contribution in [0.15, 0.2) is 6.07 Å². The van der Waals surface area contributed by atoms with Crippen molar-refractivity contribution in [2.24, 2.45) is 18.9 Å². The van der Waals surface area contributed by atoms with E-state index in [0.29, 0.717) is 24.2 Å². The number of carbonyl (C=O) groups is 1. The average Bonchev–Trinajstić information content (AvgIpc) is 3.52. The zero-order valence-electron chi connectivity index (χ0n) is 15.5. The Labute approximate surface area is 153 Å². The topological polar surface area (TPSA) is 79.7 Å². The van der Waals surface area contributed by atoms with Gasteiger partial charge in [-0.05, 0) is 50.5 Å². The Morgan fingerprint density at radius 2 is 2.08 bits per heavy atom. The van der Waals surface area contributed by atoms with Crippen molar-refractivity contribution in [2.45, 2.75) is 50.9 Å². The number of nitrogens with one attached hydrogen (secondary N) is 1. The summed E-state index contributed by atoms with van der Waals surface area (Å²) in [6.45, 7) is 3.57. The quantitative estimate of drug-likeness (QED) is 0.890. The van der Waals surface area contributed by atoms with Gasteiger partial charge in [-0.25, -0.2) is 4.98 Å². The summed E-state index contributed by atoms with van der Waals surface area (Å²) < 4.78 is 1.82. The molecule has 5 rings (SSSR count). The number of aryl methyl sites for hydroxylation is 2. The number of nitrogens with zero attached hydrogens (tertiary/aromatic N) is 5. The number of amides is 1. The van der Waals surface area contributed by atoms with Crippen LogP contribution in [0.2, 0.25) is 0 Å². The molecule has 0 radical (unpaired) electrons. The second kappa shape index (κ2) is 5.93. The summed E-state index contributed by atoms with van der Waals surface area (Å²) in [6.07, 6.45) is 5.41. The number of likely N-dealkylation sites (tertiary alicyclic amines) is 1. The highest BCUT2D eigenvalue weighted by atomic mass is 16.2. The number of carbonyl (C=O) groups excluding carboxylic acids is 1. The molecular formula is C19H26N6O. The summed E-state index contributed by atoms with van der Waals surface area (Å²) >= 11 is 0. The fourth-order valence-electron chi connectivity index (χ4n) is 4.40. The number of aromatic amines is 1. The summed E-state index contributed by atoms with van der Waals surface area (Å²) in [5.74, 6) is 4.30. The van der Waals surface area contributed by atoms with E-state index < -0.39 is 0 Å². The Morgan fingerprint density at radius 3 is 2.73 bits per heavy atom. The largest absolute Gasteiger partial charge is 0.341 e. The SMILES string of the molecule is Cc1cc(CC(=O)N2C[C@H](c3nc(C4CC4)n[nH]3)[C@@H](C3CC3)C2)n(C)n1. The minimum Gasteiger partial charge on any atom is -0.341 e. The number of aromatic nitrogens is 5. The molecule has 3 heterocycles. The van der Waals surface area contributed by atoms with Gasteiger partial charge in [-0.2, -0.15) is 10.2 Å². The van der Waals surface area contributed by atoms with E-state index in [4.69, 9.17) is 4.98 Å². The number of hydrogen-bond acceptors (Lipinski definition) is 4. The highest BCUT2D eigenvalue weighted by Crippen LogP contribution is 2.47. The van der Waals surface area contributed by atoms with Crippen molar-refractivity contribution >= 4 is 5.91 Å². The van der Waals surface area contributed by atoms with Crippen LogP contribution in [0.5, 0.6) is 0 Å². The predicted molar refractivity (Wildman–Crippen MR) is 95.5 cm³/mol. The molecule has 7 heteroatoms. The standard InChI is InChI=1S/C19H26N6O/c1-11-7-14(24(2)23-11)8-17(26)25-9-15(12-3-4-12)16(10-25)19-20-18(21-22-19)13-5-6-13/h7,12-13,15-16H,3-6,8-10H2,1-2H3,(H,20,21,22)/t15-,16+/m1/s1. The third-order valence-electron chi connectivity index (χ3n) is 6.19. The third kappa shape index (κ3) is 2.93. The van der Waals surface area contributed by atoms with Crippen molar-refractivity contribution in [2.75, 3.05) is 13.1 Å². The summed E-state index contributed by atoms with van der Waals surface area (Å²) in [6, 6.07) is 2.00. The Morgan fingerprint density at radius 1 is 1.27 bits per heavy atom. The van der Waals surface area contributed by atoms with Crippen LogP contribution in [0, 0.1) is 18.8 Å². The maximum Gasteiger partial charge on any atom is 0.228 e. The zero-order chi connectivity index (χ0) is 17.8. The lowest BCUT2D eigenvalue weighted by Gasteiger charge is -2.16. The normalized spacial score (nSPS) is 25.8. The van der Waals surface area contributed by atoms with E-state index >= 15 is 0 Å². The first kappa shape index (κ1) is 16.0. The van der Waals surface area contributed by atoms with Crippen LogP contribution in [-0.2, 0) is 18.3 Å². The lowest BCUT2D eigenvalue weighted by atomic mass is 9.91. The van der Waals surface area contributed by atoms with Crippen molar-refractivity contribution in [3.63, 3.8) is 0 Å². The summed E-state index contributed by atoms with van der Waals surface area (Å²) in [5.41, 5.74) is 1.94. The summed E-state index contributed by atoms with van der Waals surface area (Å²) in [7, 11) is 1.91. The van der Waals surface area contributed by atoms with Gasteiger partial charge < -0.3 is 4.90 Å². The molecule has 26 heavy (non-hydrogen) atoms. The van der Waals surface area contributed by atoms with Gasteiger partial charge in [-0.3, -0.25) is 14.6 Å². The first-order valence-corrected chi connectivity index (χ1v) is 9.78. The molecule has 0 aromatic carbocycles. The molecule has 0 unspecified atom stereocenters. The minimum atomic E-state index is 0.197. The average molecular weight is 354 g/mol. The molecule has 0 spiro atoms. The monoisotopic (exact) mass is 354 g/mol. The molecule has 1 amide bonds. The van der Waals surface area contributed by atoms with Crippen molar-refractivity contribution in [1.82, 2.24) is 29.9 Å². The maximum absolute atomic E-state index is 12.9. The summed E-state index contributed by atoms with van der Waals surface area (Å²) in [5, 5.41) is 12.0. The van der Waals surface area contributed by atoms with Gasteiger partial charge in [0.2, 0.25) is 5.91 Å². The van der Waals surface area contributed by atoms with E-state index in [-0.39, 0.29) is 5.91 Å². The van der Waals surface area contributed by atoms with E-state index in [1.807, 2.05) is 29.6 Å². The third-order valence-corrected chi connectivity index (χ3v) is 6.19. The highest BCUT2D eigenvalue weighted by Gasteiger charge is 2.46. The van der Waals surface area contributed by atoms with Gasteiger partial charge in [0.05, 0.1) is 12.1 Å². The first-order chi connectivity index (χ1) is 12.6. The molecule has 2 aliphatic carbocycles. The molecule has 1 N–H and O–H groups in total. The number of hydrogen-bond donors (Lipinski definition) is 1. The first-order valence-electron chi connectivity index (χ1n) is 9.78. The molecule has 7 nitrogen and oxygen atoms in total. The van der Waals surface area contributed by atoms with Crippen molar-refractivity contribution < 1.29 is 4.79 Å². The molecule has 0 bridgehead atoms. The molecule has 1 saturated heterocycles. The second-order valence-corrected chi connectivity index (χ2v) is 8.34. The highest BCUT2D eigenvalue weighted by molar-refractivity contribution is 5.78. The lowest BCUT2D eigenvalue weighted by molar-refractivity contribution is -0.129. The van der Waals surface area contributed by atoms with Crippen LogP contribution in [0.3, 0.4) is 0 Å². The van der Waals surface area contributed by atoms with Crippen molar-refractivity contribution in [3.05, 3.63) is 29.1 Å².